The minimum absolute atomic E-state index is 0.116. The largest absolute Gasteiger partial charge is 0.490 e. The van der Waals surface area contributed by atoms with E-state index in [0.29, 0.717) is 28.4 Å². The van der Waals surface area contributed by atoms with Gasteiger partial charge in [-0.15, -0.1) is 0 Å². The van der Waals surface area contributed by atoms with Gasteiger partial charge in [-0.2, -0.15) is 0 Å². The van der Waals surface area contributed by atoms with Crippen LogP contribution < -0.4 is 21.1 Å². The quantitative estimate of drug-likeness (QED) is 0.158. The number of hydrogen-bond donors (Lipinski definition) is 4. The third-order valence-electron chi connectivity index (χ3n) is 6.77. The van der Waals surface area contributed by atoms with Gasteiger partial charge in [-0.05, 0) is 80.3 Å². The Morgan fingerprint density at radius 1 is 0.947 bits per heavy atom. The molecular formula is C32H42N4O2. The second-order valence-corrected chi connectivity index (χ2v) is 10.1. The van der Waals surface area contributed by atoms with Crippen molar-refractivity contribution < 1.29 is 9.53 Å². The number of ether oxygens (including phenoxy) is 1. The van der Waals surface area contributed by atoms with Gasteiger partial charge in [0.05, 0.1) is 17.9 Å². The van der Waals surface area contributed by atoms with Crippen LogP contribution in [0.2, 0.25) is 0 Å². The molecule has 3 rings (SSSR count). The summed E-state index contributed by atoms with van der Waals surface area (Å²) in [5, 5.41) is 15.4. The van der Waals surface area contributed by atoms with E-state index in [2.05, 4.69) is 45.3 Å². The first-order chi connectivity index (χ1) is 18.2. The van der Waals surface area contributed by atoms with Gasteiger partial charge >= 0.3 is 0 Å². The van der Waals surface area contributed by atoms with E-state index < -0.39 is 0 Å². The second-order valence-electron chi connectivity index (χ2n) is 10.1. The number of carbonyl (C=O) groups excluding carboxylic acids is 1. The molecule has 0 aromatic heterocycles. The molecule has 0 bridgehead atoms. The summed E-state index contributed by atoms with van der Waals surface area (Å²) in [7, 11) is 0. The molecule has 0 saturated heterocycles. The van der Waals surface area contributed by atoms with Crippen molar-refractivity contribution in [3.05, 3.63) is 95.1 Å². The first kappa shape index (κ1) is 28.9. The average molecular weight is 515 g/mol. The molecule has 0 heterocycles. The minimum atomic E-state index is -0.192. The van der Waals surface area contributed by atoms with Gasteiger partial charge in [-0.1, -0.05) is 58.0 Å². The number of anilines is 1. The molecule has 0 aliphatic heterocycles. The maximum absolute atomic E-state index is 13.2. The monoisotopic (exact) mass is 514 g/mol. The zero-order valence-corrected chi connectivity index (χ0v) is 23.3. The molecule has 0 radical (unpaired) electrons. The molecule has 3 unspecified atom stereocenters. The number of nitrogens with one attached hydrogen (secondary N) is 3. The highest BCUT2D eigenvalue weighted by molar-refractivity contribution is 6.14. The van der Waals surface area contributed by atoms with E-state index in [9.17, 15) is 4.79 Å². The zero-order valence-electron chi connectivity index (χ0n) is 23.3. The Morgan fingerprint density at radius 3 is 2.21 bits per heavy atom. The summed E-state index contributed by atoms with van der Waals surface area (Å²) < 4.78 is 6.20. The maximum atomic E-state index is 13.2. The zero-order chi connectivity index (χ0) is 27.7. The Morgan fingerprint density at radius 2 is 1.61 bits per heavy atom. The van der Waals surface area contributed by atoms with E-state index in [1.54, 1.807) is 18.2 Å². The fourth-order valence-electron chi connectivity index (χ4n) is 4.61. The highest BCUT2D eigenvalue weighted by Gasteiger charge is 2.20. The van der Waals surface area contributed by atoms with Crippen molar-refractivity contribution in [3.63, 3.8) is 0 Å². The number of benzene rings is 3. The molecule has 3 atom stereocenters. The number of amides is 1. The third kappa shape index (κ3) is 7.68. The van der Waals surface area contributed by atoms with Crippen molar-refractivity contribution in [2.45, 2.75) is 65.6 Å². The second kappa shape index (κ2) is 13.8. The minimum Gasteiger partial charge on any atom is -0.490 e. The normalized spacial score (nSPS) is 13.5. The van der Waals surface area contributed by atoms with E-state index in [0.717, 1.165) is 30.7 Å². The molecule has 3 aromatic carbocycles. The SMILES string of the molecule is CCNC(C)CC(CC)Oc1ccc(C(=N)c2cc(C(=O)NC(c3ccccc3)C(C)C)ccc2N)cc1. The van der Waals surface area contributed by atoms with Crippen LogP contribution in [-0.2, 0) is 0 Å². The lowest BCUT2D eigenvalue weighted by Crippen LogP contribution is -2.32. The van der Waals surface area contributed by atoms with Gasteiger partial charge in [0.2, 0.25) is 0 Å². The van der Waals surface area contributed by atoms with Gasteiger partial charge in [0.15, 0.2) is 0 Å². The van der Waals surface area contributed by atoms with Crippen LogP contribution in [-0.4, -0.2) is 30.3 Å². The lowest BCUT2D eigenvalue weighted by Gasteiger charge is -2.23. The third-order valence-corrected chi connectivity index (χ3v) is 6.77. The highest BCUT2D eigenvalue weighted by atomic mass is 16.5. The average Bonchev–Trinajstić information content (AvgIpc) is 2.92. The van der Waals surface area contributed by atoms with Gasteiger partial charge in [-0.3, -0.25) is 10.2 Å². The Labute approximate surface area is 227 Å². The Kier molecular flexibility index (Phi) is 10.5. The number of nitrogens with two attached hydrogens (primary N) is 1. The Bertz CT molecular complexity index is 1190. The van der Waals surface area contributed by atoms with Crippen molar-refractivity contribution in [1.82, 2.24) is 10.6 Å². The van der Waals surface area contributed by atoms with Crippen LogP contribution in [0.25, 0.3) is 0 Å². The molecule has 202 valence electrons. The fraction of sp³-hybridized carbons (Fsp3) is 0.375. The van der Waals surface area contributed by atoms with Crippen LogP contribution in [0.5, 0.6) is 5.75 Å². The summed E-state index contributed by atoms with van der Waals surface area (Å²) in [5.74, 6) is 0.800. The van der Waals surface area contributed by atoms with Crippen molar-refractivity contribution in [3.8, 4) is 5.75 Å². The highest BCUT2D eigenvalue weighted by Crippen LogP contribution is 2.25. The first-order valence-corrected chi connectivity index (χ1v) is 13.6. The van der Waals surface area contributed by atoms with Crippen LogP contribution >= 0.6 is 0 Å². The Hall–Kier alpha value is -3.64. The summed E-state index contributed by atoms with van der Waals surface area (Å²) in [5.41, 5.74) is 9.74. The summed E-state index contributed by atoms with van der Waals surface area (Å²) >= 11 is 0. The molecule has 0 saturated carbocycles. The van der Waals surface area contributed by atoms with Crippen LogP contribution in [0.4, 0.5) is 5.69 Å². The van der Waals surface area contributed by atoms with Crippen molar-refractivity contribution in [1.29, 1.82) is 5.41 Å². The summed E-state index contributed by atoms with van der Waals surface area (Å²) in [6.45, 7) is 11.5. The number of carbonyl (C=O) groups is 1. The summed E-state index contributed by atoms with van der Waals surface area (Å²) in [6.07, 6.45) is 1.96. The van der Waals surface area contributed by atoms with E-state index >= 15 is 0 Å². The van der Waals surface area contributed by atoms with Crippen LogP contribution in [0.1, 0.15) is 80.6 Å². The first-order valence-electron chi connectivity index (χ1n) is 13.6. The number of rotatable bonds is 13. The van der Waals surface area contributed by atoms with E-state index in [4.69, 9.17) is 15.9 Å². The predicted octanol–water partition coefficient (Wildman–Crippen LogP) is 6.36. The molecule has 0 aliphatic rings. The molecule has 38 heavy (non-hydrogen) atoms. The Balaban J connectivity index is 1.74. The molecule has 6 heteroatoms. The van der Waals surface area contributed by atoms with Gasteiger partial charge in [-0.25, -0.2) is 0 Å². The number of hydrogen-bond acceptors (Lipinski definition) is 5. The van der Waals surface area contributed by atoms with E-state index in [-0.39, 0.29) is 29.7 Å². The summed E-state index contributed by atoms with van der Waals surface area (Å²) in [6, 6.07) is 22.9. The van der Waals surface area contributed by atoms with Gasteiger partial charge in [0.25, 0.3) is 5.91 Å². The van der Waals surface area contributed by atoms with Crippen LogP contribution in [0.15, 0.2) is 72.8 Å². The van der Waals surface area contributed by atoms with Gasteiger partial charge < -0.3 is 21.1 Å². The lowest BCUT2D eigenvalue weighted by atomic mass is 9.95. The van der Waals surface area contributed by atoms with Crippen LogP contribution in [0, 0.1) is 11.3 Å². The molecule has 5 N–H and O–H groups in total. The smallest absolute Gasteiger partial charge is 0.251 e. The molecule has 1 amide bonds. The van der Waals surface area contributed by atoms with Crippen molar-refractivity contribution in [2.24, 2.45) is 5.92 Å². The molecule has 0 aliphatic carbocycles. The van der Waals surface area contributed by atoms with Gasteiger partial charge in [0, 0.05) is 28.4 Å². The molecular weight excluding hydrogens is 472 g/mol. The molecule has 0 spiro atoms. The number of nitrogen functional groups attached to an aromatic ring is 1. The van der Waals surface area contributed by atoms with E-state index in [1.165, 1.54) is 0 Å². The maximum Gasteiger partial charge on any atom is 0.251 e. The molecule has 6 nitrogen and oxygen atoms in total. The van der Waals surface area contributed by atoms with Crippen LogP contribution in [0.3, 0.4) is 0 Å². The summed E-state index contributed by atoms with van der Waals surface area (Å²) in [4.78, 5) is 13.2. The van der Waals surface area contributed by atoms with Crippen molar-refractivity contribution in [2.75, 3.05) is 12.3 Å². The predicted molar refractivity (Wildman–Crippen MR) is 157 cm³/mol. The van der Waals surface area contributed by atoms with Crippen molar-refractivity contribution >= 4 is 17.3 Å². The van der Waals surface area contributed by atoms with Gasteiger partial charge in [0.1, 0.15) is 5.75 Å². The molecule has 3 aromatic rings. The standard InChI is InChI=1S/C32H42N4O2/c1-6-26(19-22(5)35-7-2)38-27-16-13-23(14-17-27)30(34)28-20-25(15-18-29(28)33)32(37)36-31(21(3)4)24-11-9-8-10-12-24/h8-18,20-22,26,31,34-35H,6-7,19,33H2,1-5H3,(H,36,37). The topological polar surface area (TPSA) is 100 Å². The van der Waals surface area contributed by atoms with E-state index in [1.807, 2.05) is 54.6 Å². The fourth-order valence-corrected chi connectivity index (χ4v) is 4.61. The lowest BCUT2D eigenvalue weighted by molar-refractivity contribution is 0.0925. The molecule has 0 fully saturated rings.